The second kappa shape index (κ2) is 10.7. The summed E-state index contributed by atoms with van der Waals surface area (Å²) in [5.41, 5.74) is 3.37. The van der Waals surface area contributed by atoms with Gasteiger partial charge in [-0.3, -0.25) is 0 Å². The van der Waals surface area contributed by atoms with Crippen LogP contribution >= 0.6 is 23.5 Å². The molecular formula is C33H52O2S2. The summed E-state index contributed by atoms with van der Waals surface area (Å²) in [6.07, 6.45) is 2.11. The predicted molar refractivity (Wildman–Crippen MR) is 166 cm³/mol. The highest BCUT2D eigenvalue weighted by molar-refractivity contribution is 8.18. The van der Waals surface area contributed by atoms with Crippen LogP contribution in [0.4, 0.5) is 0 Å². The Balaban J connectivity index is 2.67. The van der Waals surface area contributed by atoms with Crippen LogP contribution in [0.3, 0.4) is 0 Å². The van der Waals surface area contributed by atoms with E-state index in [4.69, 9.17) is 0 Å². The standard InChI is InChI=1S/C33H52O2S2/c1-15-16-33(14,36-21-17-23(29(2,3)4)27(34)24(18-21)30(5,6)7)37-22-19-25(31(8,9)10)28(35)26(20-22)32(11,12)13/h17-20,34-35H,15-16H2,1-14H3. The molecule has 2 rings (SSSR count). The Hall–Kier alpha value is -1.26. The van der Waals surface area contributed by atoms with Crippen LogP contribution in [0.1, 0.15) is 132 Å². The Kier molecular flexibility index (Phi) is 9.26. The van der Waals surface area contributed by atoms with Crippen LogP contribution in [0.15, 0.2) is 34.1 Å². The fourth-order valence-electron chi connectivity index (χ4n) is 4.70. The highest BCUT2D eigenvalue weighted by Gasteiger charge is 2.33. The van der Waals surface area contributed by atoms with Crippen molar-refractivity contribution >= 4 is 23.5 Å². The van der Waals surface area contributed by atoms with Gasteiger partial charge in [-0.1, -0.05) is 96.4 Å². The summed E-state index contributed by atoms with van der Waals surface area (Å²) in [5, 5.41) is 22.4. The van der Waals surface area contributed by atoms with E-state index in [0.717, 1.165) is 35.1 Å². The summed E-state index contributed by atoms with van der Waals surface area (Å²) in [4.78, 5) is 2.39. The Bertz CT molecular complexity index is 950. The number of rotatable bonds is 6. The molecule has 0 aliphatic carbocycles. The van der Waals surface area contributed by atoms with Crippen LogP contribution in [0, 0.1) is 0 Å². The summed E-state index contributed by atoms with van der Waals surface area (Å²) in [7, 11) is 0. The smallest absolute Gasteiger partial charge is 0.123 e. The average molecular weight is 545 g/mol. The van der Waals surface area contributed by atoms with E-state index in [0.29, 0.717) is 11.5 Å². The van der Waals surface area contributed by atoms with Crippen molar-refractivity contribution in [3.05, 3.63) is 46.5 Å². The molecule has 2 nitrogen and oxygen atoms in total. The molecule has 0 aliphatic heterocycles. The van der Waals surface area contributed by atoms with Crippen LogP contribution < -0.4 is 0 Å². The van der Waals surface area contributed by atoms with Crippen LogP contribution in [0.25, 0.3) is 0 Å². The van der Waals surface area contributed by atoms with E-state index in [-0.39, 0.29) is 25.7 Å². The van der Waals surface area contributed by atoms with Gasteiger partial charge >= 0.3 is 0 Å². The van der Waals surface area contributed by atoms with Crippen molar-refractivity contribution in [1.82, 2.24) is 0 Å². The van der Waals surface area contributed by atoms with E-state index in [2.05, 4.69) is 121 Å². The molecule has 0 unspecified atom stereocenters. The number of aromatic hydroxyl groups is 2. The van der Waals surface area contributed by atoms with Crippen molar-refractivity contribution in [2.24, 2.45) is 0 Å². The maximum absolute atomic E-state index is 11.2. The van der Waals surface area contributed by atoms with Crippen molar-refractivity contribution in [3.63, 3.8) is 0 Å². The largest absolute Gasteiger partial charge is 0.507 e. The van der Waals surface area contributed by atoms with Gasteiger partial charge in [-0.25, -0.2) is 0 Å². The fourth-order valence-corrected chi connectivity index (χ4v) is 7.76. The molecule has 0 heterocycles. The normalized spacial score (nSPS) is 13.8. The molecule has 0 bridgehead atoms. The van der Waals surface area contributed by atoms with Crippen molar-refractivity contribution in [2.75, 3.05) is 0 Å². The van der Waals surface area contributed by atoms with Crippen LogP contribution in [0.2, 0.25) is 0 Å². The lowest BCUT2D eigenvalue weighted by Crippen LogP contribution is -2.20. The minimum atomic E-state index is -0.158. The number of hydrogen-bond donors (Lipinski definition) is 2. The fraction of sp³-hybridized carbons (Fsp3) is 0.636. The third-order valence-electron chi connectivity index (χ3n) is 6.77. The highest BCUT2D eigenvalue weighted by atomic mass is 32.2. The quantitative estimate of drug-likeness (QED) is 0.280. The Morgan fingerprint density at radius 3 is 0.946 bits per heavy atom. The third-order valence-corrected chi connectivity index (χ3v) is 9.49. The molecule has 0 amide bonds. The van der Waals surface area contributed by atoms with Gasteiger partial charge in [0.25, 0.3) is 0 Å². The van der Waals surface area contributed by atoms with Gasteiger partial charge in [-0.05, 0) is 59.3 Å². The predicted octanol–water partition coefficient (Wildman–Crippen LogP) is 10.7. The van der Waals surface area contributed by atoms with Gasteiger partial charge in [-0.2, -0.15) is 0 Å². The summed E-state index contributed by atoms with van der Waals surface area (Å²) in [6, 6.07) is 8.78. The number of thioether (sulfide) groups is 2. The van der Waals surface area contributed by atoms with Gasteiger partial charge in [0.1, 0.15) is 11.5 Å². The molecule has 0 radical (unpaired) electrons. The average Bonchev–Trinajstić information content (AvgIpc) is 2.67. The van der Waals surface area contributed by atoms with E-state index in [9.17, 15) is 10.2 Å². The van der Waals surface area contributed by atoms with E-state index in [1.54, 1.807) is 0 Å². The van der Waals surface area contributed by atoms with Gasteiger partial charge in [-0.15, -0.1) is 23.5 Å². The van der Waals surface area contributed by atoms with Crippen molar-refractivity contribution in [3.8, 4) is 11.5 Å². The van der Waals surface area contributed by atoms with Crippen molar-refractivity contribution < 1.29 is 10.2 Å². The number of phenols is 2. The summed E-state index contributed by atoms with van der Waals surface area (Å²) in [6.45, 7) is 30.6. The molecule has 208 valence electrons. The summed E-state index contributed by atoms with van der Waals surface area (Å²) >= 11 is 3.80. The van der Waals surface area contributed by atoms with Gasteiger partial charge in [0.15, 0.2) is 0 Å². The molecule has 0 aromatic heterocycles. The zero-order chi connectivity index (χ0) is 28.8. The monoisotopic (exact) mass is 544 g/mol. The second-order valence-corrected chi connectivity index (χ2v) is 18.2. The molecule has 0 fully saturated rings. The SMILES string of the molecule is CCCC(C)(Sc1cc(C(C)(C)C)c(O)c(C(C)(C)C)c1)Sc1cc(C(C)(C)C)c(O)c(C(C)(C)C)c1. The molecule has 4 heteroatoms. The van der Waals surface area contributed by atoms with E-state index < -0.39 is 0 Å². The first-order valence-corrected chi connectivity index (χ1v) is 15.3. The first kappa shape index (κ1) is 32.0. The molecule has 37 heavy (non-hydrogen) atoms. The first-order chi connectivity index (χ1) is 16.5. The molecule has 2 aromatic carbocycles. The first-order valence-electron chi connectivity index (χ1n) is 13.6. The van der Waals surface area contributed by atoms with Crippen LogP contribution in [-0.4, -0.2) is 14.3 Å². The van der Waals surface area contributed by atoms with Crippen LogP contribution in [-0.2, 0) is 21.7 Å². The van der Waals surface area contributed by atoms with E-state index in [1.807, 2.05) is 23.5 Å². The second-order valence-electron chi connectivity index (χ2n) is 14.8. The van der Waals surface area contributed by atoms with Crippen LogP contribution in [0.5, 0.6) is 11.5 Å². The topological polar surface area (TPSA) is 40.5 Å². The number of hydrogen-bond acceptors (Lipinski definition) is 4. The molecule has 2 aromatic rings. The molecule has 2 N–H and O–H groups in total. The Morgan fingerprint density at radius 2 is 0.757 bits per heavy atom. The molecule has 0 aliphatic rings. The Morgan fingerprint density at radius 1 is 0.514 bits per heavy atom. The minimum Gasteiger partial charge on any atom is -0.507 e. The summed E-state index contributed by atoms with van der Waals surface area (Å²) in [5.74, 6) is 0.856. The lowest BCUT2D eigenvalue weighted by molar-refractivity contribution is 0.421. The maximum Gasteiger partial charge on any atom is 0.123 e. The minimum absolute atomic E-state index is 0.114. The molecule has 0 saturated heterocycles. The van der Waals surface area contributed by atoms with Crippen molar-refractivity contribution in [2.45, 2.75) is 145 Å². The van der Waals surface area contributed by atoms with E-state index >= 15 is 0 Å². The zero-order valence-corrected chi connectivity index (χ0v) is 27.6. The zero-order valence-electron chi connectivity index (χ0n) is 25.9. The molecule has 0 saturated carbocycles. The van der Waals surface area contributed by atoms with Gasteiger partial charge in [0.05, 0.1) is 4.08 Å². The Labute approximate surface area is 236 Å². The summed E-state index contributed by atoms with van der Waals surface area (Å²) < 4.78 is -0.114. The van der Waals surface area contributed by atoms with Gasteiger partial charge < -0.3 is 10.2 Å². The lowest BCUT2D eigenvalue weighted by Gasteiger charge is -2.33. The number of benzene rings is 2. The molecule has 0 atom stereocenters. The highest BCUT2D eigenvalue weighted by Crippen LogP contribution is 2.52. The molecular weight excluding hydrogens is 492 g/mol. The van der Waals surface area contributed by atoms with Crippen molar-refractivity contribution in [1.29, 1.82) is 0 Å². The van der Waals surface area contributed by atoms with E-state index in [1.165, 1.54) is 9.79 Å². The van der Waals surface area contributed by atoms with Gasteiger partial charge in [0, 0.05) is 32.0 Å². The maximum atomic E-state index is 11.2. The van der Waals surface area contributed by atoms with Gasteiger partial charge in [0.2, 0.25) is 0 Å². The number of phenolic OH excluding ortho intramolecular Hbond substituents is 2. The third kappa shape index (κ3) is 7.88. The molecule has 0 spiro atoms. The lowest BCUT2D eigenvalue weighted by atomic mass is 9.79.